The minimum atomic E-state index is -0.0177. The third-order valence-electron chi connectivity index (χ3n) is 5.16. The highest BCUT2D eigenvalue weighted by molar-refractivity contribution is 6.01. The summed E-state index contributed by atoms with van der Waals surface area (Å²) in [5.74, 6) is 0. The summed E-state index contributed by atoms with van der Waals surface area (Å²) in [6.07, 6.45) is 4.35. The predicted octanol–water partition coefficient (Wildman–Crippen LogP) is 4.70. The lowest BCUT2D eigenvalue weighted by Gasteiger charge is -2.34. The molecule has 0 atom stereocenters. The summed E-state index contributed by atoms with van der Waals surface area (Å²) in [5, 5.41) is 5.30. The normalized spacial score (nSPS) is 15.2. The van der Waals surface area contributed by atoms with Crippen molar-refractivity contribution in [1.29, 1.82) is 0 Å². The highest BCUT2D eigenvalue weighted by Gasteiger charge is 2.20. The number of piperazine rings is 1. The van der Waals surface area contributed by atoms with Crippen LogP contribution in [0.3, 0.4) is 0 Å². The third-order valence-corrected chi connectivity index (χ3v) is 5.16. The van der Waals surface area contributed by atoms with Crippen molar-refractivity contribution in [3.8, 4) is 0 Å². The number of carbonyl (C=O) groups is 1. The number of carbonyl (C=O) groups excluding carboxylic acids is 1. The maximum absolute atomic E-state index is 12.7. The van der Waals surface area contributed by atoms with Crippen molar-refractivity contribution in [2.24, 2.45) is 0 Å². The summed E-state index contributed by atoms with van der Waals surface area (Å²) in [6.45, 7) is 4.18. The van der Waals surface area contributed by atoms with E-state index < -0.39 is 0 Å². The van der Waals surface area contributed by atoms with E-state index in [4.69, 9.17) is 0 Å². The SMILES string of the molecule is O=C(Nc1cccc2ccccc12)N1CCN(CC=Cc2ccccc2)CC1. The van der Waals surface area contributed by atoms with Gasteiger partial charge in [-0.1, -0.05) is 78.9 Å². The van der Waals surface area contributed by atoms with Gasteiger partial charge in [-0.05, 0) is 17.0 Å². The van der Waals surface area contributed by atoms with Crippen LogP contribution in [0.25, 0.3) is 16.8 Å². The Kier molecular flexibility index (Phi) is 5.69. The highest BCUT2D eigenvalue weighted by atomic mass is 16.2. The first-order chi connectivity index (χ1) is 13.8. The minimum Gasteiger partial charge on any atom is -0.322 e. The Morgan fingerprint density at radius 3 is 2.39 bits per heavy atom. The van der Waals surface area contributed by atoms with Crippen molar-refractivity contribution in [2.75, 3.05) is 38.0 Å². The Morgan fingerprint density at radius 1 is 0.857 bits per heavy atom. The molecule has 0 aliphatic carbocycles. The summed E-state index contributed by atoms with van der Waals surface area (Å²) in [4.78, 5) is 17.0. The summed E-state index contributed by atoms with van der Waals surface area (Å²) in [6, 6.07) is 24.4. The van der Waals surface area contributed by atoms with Gasteiger partial charge < -0.3 is 10.2 Å². The quantitative estimate of drug-likeness (QED) is 0.721. The summed E-state index contributed by atoms with van der Waals surface area (Å²) < 4.78 is 0. The number of hydrogen-bond acceptors (Lipinski definition) is 2. The van der Waals surface area contributed by atoms with E-state index in [2.05, 4.69) is 46.6 Å². The van der Waals surface area contributed by atoms with Gasteiger partial charge in [0.15, 0.2) is 0 Å². The molecule has 3 aromatic carbocycles. The molecule has 0 bridgehead atoms. The monoisotopic (exact) mass is 371 g/mol. The van der Waals surface area contributed by atoms with Crippen LogP contribution in [-0.4, -0.2) is 48.6 Å². The second-order valence-corrected chi connectivity index (χ2v) is 7.06. The van der Waals surface area contributed by atoms with Crippen LogP contribution in [0.5, 0.6) is 0 Å². The second kappa shape index (κ2) is 8.72. The van der Waals surface area contributed by atoms with Crippen molar-refractivity contribution in [2.45, 2.75) is 0 Å². The molecule has 1 saturated heterocycles. The van der Waals surface area contributed by atoms with Crippen LogP contribution in [0.4, 0.5) is 10.5 Å². The van der Waals surface area contributed by atoms with Gasteiger partial charge in [0, 0.05) is 38.1 Å². The molecule has 0 aromatic heterocycles. The van der Waals surface area contributed by atoms with Gasteiger partial charge in [-0.2, -0.15) is 0 Å². The number of anilines is 1. The van der Waals surface area contributed by atoms with Gasteiger partial charge >= 0.3 is 6.03 Å². The van der Waals surface area contributed by atoms with Crippen molar-refractivity contribution >= 4 is 28.6 Å². The van der Waals surface area contributed by atoms with E-state index in [0.717, 1.165) is 49.2 Å². The van der Waals surface area contributed by atoms with Crippen LogP contribution in [0, 0.1) is 0 Å². The molecule has 4 rings (SSSR count). The Morgan fingerprint density at radius 2 is 1.57 bits per heavy atom. The topological polar surface area (TPSA) is 35.6 Å². The Balaban J connectivity index is 1.30. The Labute approximate surface area is 166 Å². The van der Waals surface area contributed by atoms with Crippen LogP contribution in [-0.2, 0) is 0 Å². The molecule has 4 nitrogen and oxygen atoms in total. The summed E-state index contributed by atoms with van der Waals surface area (Å²) in [5.41, 5.74) is 2.09. The molecule has 28 heavy (non-hydrogen) atoms. The number of nitrogens with one attached hydrogen (secondary N) is 1. The van der Waals surface area contributed by atoms with E-state index in [-0.39, 0.29) is 6.03 Å². The molecular weight excluding hydrogens is 346 g/mol. The van der Waals surface area contributed by atoms with E-state index in [1.807, 2.05) is 53.4 Å². The van der Waals surface area contributed by atoms with Gasteiger partial charge in [0.25, 0.3) is 0 Å². The van der Waals surface area contributed by atoms with Crippen molar-refractivity contribution in [3.05, 3.63) is 84.4 Å². The van der Waals surface area contributed by atoms with Crippen molar-refractivity contribution < 1.29 is 4.79 Å². The first-order valence-electron chi connectivity index (χ1n) is 9.77. The molecule has 0 spiro atoms. The maximum Gasteiger partial charge on any atom is 0.321 e. The zero-order valence-corrected chi connectivity index (χ0v) is 15.9. The fourth-order valence-corrected chi connectivity index (χ4v) is 3.56. The van der Waals surface area contributed by atoms with E-state index in [0.29, 0.717) is 0 Å². The smallest absolute Gasteiger partial charge is 0.321 e. The van der Waals surface area contributed by atoms with E-state index >= 15 is 0 Å². The molecule has 1 N–H and O–H groups in total. The number of urea groups is 1. The van der Waals surface area contributed by atoms with E-state index in [9.17, 15) is 4.79 Å². The number of hydrogen-bond donors (Lipinski definition) is 1. The first-order valence-corrected chi connectivity index (χ1v) is 9.77. The van der Waals surface area contributed by atoms with Gasteiger partial charge in [-0.15, -0.1) is 0 Å². The van der Waals surface area contributed by atoms with Crippen LogP contribution in [0.2, 0.25) is 0 Å². The standard InChI is InChI=1S/C24H25N3O/c28-24(25-23-14-6-12-21-11-4-5-13-22(21)23)27-18-16-26(17-19-27)15-7-10-20-8-2-1-3-9-20/h1-14H,15-19H2,(H,25,28). The van der Waals surface area contributed by atoms with E-state index in [1.165, 1.54) is 5.56 Å². The zero-order chi connectivity index (χ0) is 19.2. The van der Waals surface area contributed by atoms with Crippen LogP contribution in [0.1, 0.15) is 5.56 Å². The maximum atomic E-state index is 12.7. The fourth-order valence-electron chi connectivity index (χ4n) is 3.56. The van der Waals surface area contributed by atoms with Crippen LogP contribution in [0.15, 0.2) is 78.9 Å². The van der Waals surface area contributed by atoms with Crippen molar-refractivity contribution in [1.82, 2.24) is 9.80 Å². The molecule has 1 aliphatic heterocycles. The fraction of sp³-hybridized carbons (Fsp3) is 0.208. The zero-order valence-electron chi connectivity index (χ0n) is 15.9. The summed E-state index contributed by atoms with van der Waals surface area (Å²) in [7, 11) is 0. The lowest BCUT2D eigenvalue weighted by molar-refractivity contribution is 0.156. The molecular formula is C24H25N3O. The largest absolute Gasteiger partial charge is 0.322 e. The first kappa shape index (κ1) is 18.3. The molecule has 1 aliphatic rings. The average Bonchev–Trinajstić information content (AvgIpc) is 2.75. The number of fused-ring (bicyclic) bond motifs is 1. The predicted molar refractivity (Wildman–Crippen MR) is 116 cm³/mol. The number of benzene rings is 3. The lowest BCUT2D eigenvalue weighted by Crippen LogP contribution is -2.49. The second-order valence-electron chi connectivity index (χ2n) is 7.06. The lowest BCUT2D eigenvalue weighted by atomic mass is 10.1. The van der Waals surface area contributed by atoms with Gasteiger partial charge in [0.1, 0.15) is 0 Å². The average molecular weight is 371 g/mol. The van der Waals surface area contributed by atoms with Gasteiger partial charge in [0.05, 0.1) is 5.69 Å². The van der Waals surface area contributed by atoms with E-state index in [1.54, 1.807) is 0 Å². The minimum absolute atomic E-state index is 0.0177. The molecule has 1 heterocycles. The molecule has 0 radical (unpaired) electrons. The number of nitrogens with zero attached hydrogens (tertiary/aromatic N) is 2. The molecule has 3 aromatic rings. The molecule has 2 amide bonds. The molecule has 4 heteroatoms. The molecule has 0 unspecified atom stereocenters. The number of rotatable bonds is 4. The Hall–Kier alpha value is -3.11. The van der Waals surface area contributed by atoms with Gasteiger partial charge in [0.2, 0.25) is 0 Å². The number of amides is 2. The molecule has 142 valence electrons. The summed E-state index contributed by atoms with van der Waals surface area (Å²) >= 11 is 0. The molecule has 0 saturated carbocycles. The highest BCUT2D eigenvalue weighted by Crippen LogP contribution is 2.23. The van der Waals surface area contributed by atoms with Crippen LogP contribution >= 0.6 is 0 Å². The van der Waals surface area contributed by atoms with Gasteiger partial charge in [-0.25, -0.2) is 4.79 Å². The van der Waals surface area contributed by atoms with Crippen LogP contribution < -0.4 is 5.32 Å². The Bertz CT molecular complexity index is 955. The van der Waals surface area contributed by atoms with Crippen molar-refractivity contribution in [3.63, 3.8) is 0 Å². The molecule has 1 fully saturated rings. The third kappa shape index (κ3) is 4.41. The van der Waals surface area contributed by atoms with Gasteiger partial charge in [-0.3, -0.25) is 4.90 Å².